The van der Waals surface area contributed by atoms with Crippen molar-refractivity contribution in [2.75, 3.05) is 19.8 Å². The molecule has 0 spiro atoms. The lowest BCUT2D eigenvalue weighted by atomic mass is 9.84. The van der Waals surface area contributed by atoms with Crippen LogP contribution in [-0.2, 0) is 16.0 Å². The molecule has 7 nitrogen and oxygen atoms in total. The fourth-order valence-electron chi connectivity index (χ4n) is 3.72. The Bertz CT molecular complexity index is 1150. The lowest BCUT2D eigenvalue weighted by Gasteiger charge is -2.30. The molecule has 12 heteroatoms. The first-order chi connectivity index (χ1) is 15.2. The molecule has 4 heterocycles. The maximum Gasteiger partial charge on any atom is 0.405 e. The summed E-state index contributed by atoms with van der Waals surface area (Å²) in [7, 11) is 0. The summed E-state index contributed by atoms with van der Waals surface area (Å²) in [6.45, 7) is -1.15. The van der Waals surface area contributed by atoms with Gasteiger partial charge < -0.3 is 15.0 Å². The van der Waals surface area contributed by atoms with Crippen LogP contribution in [0.25, 0.3) is 22.4 Å². The van der Waals surface area contributed by atoms with Crippen LogP contribution in [0.1, 0.15) is 15.0 Å². The normalized spacial score (nSPS) is 19.3. The van der Waals surface area contributed by atoms with Gasteiger partial charge in [0.2, 0.25) is 5.91 Å². The number of H-pyrrole nitrogens is 1. The zero-order valence-electron chi connectivity index (χ0n) is 16.5. The van der Waals surface area contributed by atoms with E-state index in [4.69, 9.17) is 16.3 Å². The number of fused-ring (bicyclic) bond motifs is 1. The zero-order valence-corrected chi connectivity index (χ0v) is 17.3. The van der Waals surface area contributed by atoms with Gasteiger partial charge in [0.1, 0.15) is 12.2 Å². The number of ether oxygens (including phenoxy) is 1. The predicted molar refractivity (Wildman–Crippen MR) is 112 cm³/mol. The number of halogens is 5. The summed E-state index contributed by atoms with van der Waals surface area (Å²) in [6, 6.07) is 1.68. The minimum Gasteiger partial charge on any atom is -0.381 e. The van der Waals surface area contributed by atoms with E-state index in [1.54, 1.807) is 12.3 Å². The Morgan fingerprint density at radius 1 is 1.34 bits per heavy atom. The van der Waals surface area contributed by atoms with E-state index in [9.17, 15) is 22.4 Å². The largest absolute Gasteiger partial charge is 0.405 e. The number of amides is 1. The van der Waals surface area contributed by atoms with E-state index >= 15 is 0 Å². The van der Waals surface area contributed by atoms with Crippen LogP contribution in [0.4, 0.5) is 17.6 Å². The van der Waals surface area contributed by atoms with Gasteiger partial charge in [0.25, 0.3) is 0 Å². The summed E-state index contributed by atoms with van der Waals surface area (Å²) in [5.41, 5.74) is 1.20. The zero-order chi connectivity index (χ0) is 22.9. The molecule has 1 amide bonds. The van der Waals surface area contributed by atoms with Crippen LogP contribution < -0.4 is 5.32 Å². The fraction of sp³-hybridized carbons (Fsp3) is 0.400. The Kier molecular flexibility index (Phi) is 6.29. The smallest absolute Gasteiger partial charge is 0.381 e. The predicted octanol–water partition coefficient (Wildman–Crippen LogP) is 4.18. The number of aromatic nitrogens is 4. The molecule has 0 bridgehead atoms. The van der Waals surface area contributed by atoms with E-state index in [-0.39, 0.29) is 27.4 Å². The summed E-state index contributed by atoms with van der Waals surface area (Å²) < 4.78 is 57.2. The Balaban J connectivity index is 0.00000204. The quantitative estimate of drug-likeness (QED) is 0.540. The summed E-state index contributed by atoms with van der Waals surface area (Å²) in [5.74, 6) is -2.49. The highest BCUT2D eigenvalue weighted by Gasteiger charge is 2.35. The van der Waals surface area contributed by atoms with E-state index < -0.39 is 36.3 Å². The molecular weight excluding hydrogens is 454 g/mol. The first-order valence-corrected chi connectivity index (χ1v) is 10.2. The van der Waals surface area contributed by atoms with Gasteiger partial charge in [-0.15, -0.1) is 0 Å². The van der Waals surface area contributed by atoms with Crippen molar-refractivity contribution < 1.29 is 29.9 Å². The molecule has 3 aromatic rings. The van der Waals surface area contributed by atoms with Crippen LogP contribution in [0, 0.1) is 17.7 Å². The number of pyridine rings is 1. The Morgan fingerprint density at radius 2 is 2.16 bits per heavy atom. The molecule has 0 aliphatic carbocycles. The van der Waals surface area contributed by atoms with Crippen LogP contribution in [-0.4, -0.2) is 51.8 Å². The Hall–Kier alpha value is -2.79. The maximum atomic E-state index is 14.5. The van der Waals surface area contributed by atoms with Gasteiger partial charge in [-0.25, -0.2) is 19.3 Å². The second-order valence-electron chi connectivity index (χ2n) is 7.51. The maximum absolute atomic E-state index is 14.5. The van der Waals surface area contributed by atoms with Crippen molar-refractivity contribution in [2.45, 2.75) is 19.0 Å². The number of carbonyl (C=O) groups excluding carboxylic acids is 1. The highest BCUT2D eigenvalue weighted by Crippen LogP contribution is 2.30. The van der Waals surface area contributed by atoms with E-state index in [0.717, 1.165) is 6.20 Å². The minimum absolute atomic E-state index is 0. The van der Waals surface area contributed by atoms with Gasteiger partial charge in [0.15, 0.2) is 11.6 Å². The number of rotatable bonds is 5. The number of carbonyl (C=O) groups is 1. The molecule has 0 aromatic carbocycles. The van der Waals surface area contributed by atoms with Crippen molar-refractivity contribution in [3.05, 3.63) is 41.2 Å². The van der Waals surface area contributed by atoms with Crippen LogP contribution >= 0.6 is 11.6 Å². The fourth-order valence-corrected chi connectivity index (χ4v) is 3.88. The van der Waals surface area contributed by atoms with E-state index in [2.05, 4.69) is 19.9 Å². The summed E-state index contributed by atoms with van der Waals surface area (Å²) >= 11 is 6.02. The number of aromatic amines is 1. The van der Waals surface area contributed by atoms with Gasteiger partial charge in [-0.3, -0.25) is 4.79 Å². The molecule has 2 N–H and O–H groups in total. The van der Waals surface area contributed by atoms with Crippen molar-refractivity contribution in [1.29, 1.82) is 0 Å². The van der Waals surface area contributed by atoms with Gasteiger partial charge in [-0.1, -0.05) is 11.6 Å². The molecule has 2 unspecified atom stereocenters. The Labute approximate surface area is 187 Å². The highest BCUT2D eigenvalue weighted by molar-refractivity contribution is 6.31. The van der Waals surface area contributed by atoms with Gasteiger partial charge >= 0.3 is 6.18 Å². The number of hydrogen-bond donors (Lipinski definition) is 2. The molecule has 1 saturated heterocycles. The molecule has 1 fully saturated rings. The van der Waals surface area contributed by atoms with Gasteiger partial charge in [-0.2, -0.15) is 13.2 Å². The van der Waals surface area contributed by atoms with Crippen LogP contribution in [0.2, 0.25) is 5.02 Å². The highest BCUT2D eigenvalue weighted by atomic mass is 35.5. The van der Waals surface area contributed by atoms with E-state index in [1.165, 1.54) is 6.20 Å². The van der Waals surface area contributed by atoms with E-state index in [1.807, 2.05) is 5.32 Å². The van der Waals surface area contributed by atoms with Gasteiger partial charge in [-0.05, 0) is 24.8 Å². The van der Waals surface area contributed by atoms with E-state index in [0.29, 0.717) is 34.6 Å². The minimum atomic E-state index is -4.52. The first-order valence-electron chi connectivity index (χ1n) is 9.78. The Morgan fingerprint density at radius 3 is 2.94 bits per heavy atom. The lowest BCUT2D eigenvalue weighted by Crippen LogP contribution is -2.44. The van der Waals surface area contributed by atoms with Crippen molar-refractivity contribution in [1.82, 2.24) is 25.3 Å². The monoisotopic (exact) mass is 475 g/mol. The average Bonchev–Trinajstić information content (AvgIpc) is 3.16. The summed E-state index contributed by atoms with van der Waals surface area (Å²) in [6.07, 6.45) is 0.0622. The molecule has 1 aliphatic rings. The molecule has 4 rings (SSSR count). The standard InChI is InChI=1S/C20H18ClF4N5O2.2H2/c21-11-4-12-13(6-27-17(12)26-5-11)18-28-7-15(22)16(30-18)3-10-1-2-32-8-14(10)19(31)29-9-20(23,24)25;;/h4-7,10,14H,1-3,8-9H2,(H,26,27)(H,29,31);2*1H. The number of nitrogens with zero attached hydrogens (tertiary/aromatic N) is 3. The van der Waals surface area contributed by atoms with Crippen molar-refractivity contribution in [3.63, 3.8) is 0 Å². The molecule has 32 heavy (non-hydrogen) atoms. The molecule has 3 aromatic heterocycles. The topological polar surface area (TPSA) is 92.8 Å². The molecule has 0 saturated carbocycles. The number of hydrogen-bond acceptors (Lipinski definition) is 5. The van der Waals surface area contributed by atoms with Crippen LogP contribution in [0.5, 0.6) is 0 Å². The lowest BCUT2D eigenvalue weighted by molar-refractivity contribution is -0.145. The second kappa shape index (κ2) is 8.99. The molecular formula is C20H22ClF4N5O2. The van der Waals surface area contributed by atoms with Gasteiger partial charge in [0.05, 0.1) is 29.4 Å². The molecule has 2 atom stereocenters. The van der Waals surface area contributed by atoms with Crippen LogP contribution in [0.15, 0.2) is 24.7 Å². The second-order valence-corrected chi connectivity index (χ2v) is 7.94. The molecule has 1 aliphatic heterocycles. The molecule has 174 valence electrons. The van der Waals surface area contributed by atoms with Gasteiger partial charge in [0, 0.05) is 32.8 Å². The summed E-state index contributed by atoms with van der Waals surface area (Å²) in [4.78, 5) is 27.9. The first kappa shape index (κ1) is 22.4. The molecule has 0 radical (unpaired) electrons. The summed E-state index contributed by atoms with van der Waals surface area (Å²) in [5, 5.41) is 2.96. The van der Waals surface area contributed by atoms with Crippen molar-refractivity contribution in [3.8, 4) is 11.4 Å². The van der Waals surface area contributed by atoms with Crippen LogP contribution in [0.3, 0.4) is 0 Å². The third kappa shape index (κ3) is 4.99. The third-order valence-electron chi connectivity index (χ3n) is 5.31. The SMILES string of the molecule is O=C(NCC(F)(F)F)C1COCCC1Cc1nc(-c2c[nH]c3ncc(Cl)cc23)ncc1F.[HH].[HH]. The number of nitrogens with one attached hydrogen (secondary N) is 2. The average molecular weight is 476 g/mol. The third-order valence-corrected chi connectivity index (χ3v) is 5.52. The van der Waals surface area contributed by atoms with Crippen molar-refractivity contribution >= 4 is 28.5 Å². The van der Waals surface area contributed by atoms with Crippen molar-refractivity contribution in [2.24, 2.45) is 11.8 Å². The number of alkyl halides is 3.